The number of hydrogen-bond acceptors (Lipinski definition) is 3. The molecule has 0 bridgehead atoms. The van der Waals surface area contributed by atoms with Gasteiger partial charge in [-0.05, 0) is 12.5 Å². The predicted molar refractivity (Wildman–Crippen MR) is 62.9 cm³/mol. The van der Waals surface area contributed by atoms with E-state index in [1.165, 1.54) is 0 Å². The Morgan fingerprint density at radius 1 is 1.28 bits per heavy atom. The topological polar surface area (TPSA) is 58.3 Å². The molecule has 18 heavy (non-hydrogen) atoms. The summed E-state index contributed by atoms with van der Waals surface area (Å²) in [6.45, 7) is 0.562. The molecule has 3 atom stereocenters. The van der Waals surface area contributed by atoms with Crippen molar-refractivity contribution >= 4 is 0 Å². The van der Waals surface area contributed by atoms with E-state index in [1.807, 2.05) is 0 Å². The van der Waals surface area contributed by atoms with Gasteiger partial charge in [-0.1, -0.05) is 30.3 Å². The van der Waals surface area contributed by atoms with E-state index < -0.39 is 30.9 Å². The summed E-state index contributed by atoms with van der Waals surface area (Å²) in [4.78, 5) is 0. The number of rotatable bonds is 6. The van der Waals surface area contributed by atoms with E-state index in [1.54, 1.807) is 30.3 Å². The fraction of sp³-hybridized carbons (Fsp3) is 0.500. The second-order valence-electron chi connectivity index (χ2n) is 4.28. The normalized spacial score (nSPS) is 18.4. The minimum atomic E-state index is -2.99. The van der Waals surface area contributed by atoms with Crippen molar-refractivity contribution in [3.63, 3.8) is 0 Å². The highest BCUT2D eigenvalue weighted by Crippen LogP contribution is 2.24. The molecule has 6 heteroatoms. The zero-order chi connectivity index (χ0) is 13.8. The largest absolute Gasteiger partial charge is 0.394 e. The van der Waals surface area contributed by atoms with E-state index in [-0.39, 0.29) is 0 Å². The molecular weight excluding hydrogens is 245 g/mol. The van der Waals surface area contributed by atoms with Crippen molar-refractivity contribution in [1.29, 1.82) is 0 Å². The molecule has 0 saturated heterocycles. The molecule has 3 unspecified atom stereocenters. The Morgan fingerprint density at radius 3 is 2.22 bits per heavy atom. The third kappa shape index (κ3) is 3.22. The first-order valence-corrected chi connectivity index (χ1v) is 5.53. The average molecular weight is 262 g/mol. The molecule has 0 aliphatic rings. The molecule has 3 nitrogen and oxygen atoms in total. The number of halogens is 3. The molecule has 0 spiro atoms. The molecule has 1 aromatic carbocycles. The highest BCUT2D eigenvalue weighted by molar-refractivity contribution is 5.19. The van der Waals surface area contributed by atoms with Crippen LogP contribution in [0.1, 0.15) is 18.5 Å². The predicted octanol–water partition coefficient (Wildman–Crippen LogP) is 1.59. The number of aliphatic hydroxyl groups excluding tert-OH is 1. The SMILES string of the molecule is CC(NC(CO)c1ccccc1)(C(N)F)C(F)F. The maximum atomic E-state index is 13.2. The van der Waals surface area contributed by atoms with Crippen LogP contribution < -0.4 is 11.1 Å². The van der Waals surface area contributed by atoms with E-state index in [9.17, 15) is 18.3 Å². The molecule has 0 aliphatic heterocycles. The quantitative estimate of drug-likeness (QED) is 0.682. The standard InChI is InChI=1S/C12H17F3N2O/c1-12(10(13)14,11(15)16)17-9(7-18)8-5-3-2-4-6-8/h2-6,9-11,17-18H,7,16H2,1H3. The molecule has 0 heterocycles. The summed E-state index contributed by atoms with van der Waals surface area (Å²) in [6, 6.07) is 7.67. The zero-order valence-electron chi connectivity index (χ0n) is 9.98. The van der Waals surface area contributed by atoms with Gasteiger partial charge in [-0.3, -0.25) is 11.1 Å². The van der Waals surface area contributed by atoms with Crippen molar-refractivity contribution < 1.29 is 18.3 Å². The molecule has 0 amide bonds. The maximum Gasteiger partial charge on any atom is 0.260 e. The fourth-order valence-corrected chi connectivity index (χ4v) is 1.56. The van der Waals surface area contributed by atoms with Crippen LogP contribution >= 0.6 is 0 Å². The molecule has 0 saturated carbocycles. The van der Waals surface area contributed by atoms with Gasteiger partial charge < -0.3 is 5.11 Å². The maximum absolute atomic E-state index is 13.2. The van der Waals surface area contributed by atoms with Gasteiger partial charge in [-0.25, -0.2) is 13.2 Å². The molecule has 102 valence electrons. The lowest BCUT2D eigenvalue weighted by Crippen LogP contribution is -2.60. The molecule has 0 radical (unpaired) electrons. The Balaban J connectivity index is 2.91. The summed E-state index contributed by atoms with van der Waals surface area (Å²) < 4.78 is 38.9. The van der Waals surface area contributed by atoms with Crippen LogP contribution in [0.15, 0.2) is 30.3 Å². The molecule has 0 aromatic heterocycles. The number of nitrogens with two attached hydrogens (primary N) is 1. The van der Waals surface area contributed by atoms with Crippen LogP contribution in [-0.4, -0.2) is 30.0 Å². The van der Waals surface area contributed by atoms with Gasteiger partial charge in [0.1, 0.15) is 5.54 Å². The number of benzene rings is 1. The lowest BCUT2D eigenvalue weighted by atomic mass is 9.98. The molecule has 1 rings (SSSR count). The van der Waals surface area contributed by atoms with Crippen LogP contribution in [0.4, 0.5) is 13.2 Å². The monoisotopic (exact) mass is 262 g/mol. The van der Waals surface area contributed by atoms with Gasteiger partial charge in [0.15, 0.2) is 6.30 Å². The second-order valence-corrected chi connectivity index (χ2v) is 4.28. The Labute approximate surface area is 104 Å². The van der Waals surface area contributed by atoms with Crippen LogP contribution in [0.2, 0.25) is 0 Å². The van der Waals surface area contributed by atoms with Gasteiger partial charge in [0.05, 0.1) is 12.6 Å². The summed E-state index contributed by atoms with van der Waals surface area (Å²) in [6.07, 6.45) is -5.23. The lowest BCUT2D eigenvalue weighted by Gasteiger charge is -2.35. The summed E-state index contributed by atoms with van der Waals surface area (Å²) in [5.74, 6) is 0. The number of alkyl halides is 3. The van der Waals surface area contributed by atoms with Gasteiger partial charge in [0.25, 0.3) is 6.43 Å². The zero-order valence-corrected chi connectivity index (χ0v) is 9.98. The van der Waals surface area contributed by atoms with Crippen molar-refractivity contribution in [3.05, 3.63) is 35.9 Å². The van der Waals surface area contributed by atoms with Crippen molar-refractivity contribution in [1.82, 2.24) is 5.32 Å². The molecule has 1 aromatic rings. The Bertz CT molecular complexity index is 352. The first-order chi connectivity index (χ1) is 8.41. The highest BCUT2D eigenvalue weighted by atomic mass is 19.3. The van der Waals surface area contributed by atoms with Crippen molar-refractivity contribution in [2.75, 3.05) is 6.61 Å². The van der Waals surface area contributed by atoms with Gasteiger partial charge >= 0.3 is 0 Å². The molecule has 0 aliphatic carbocycles. The van der Waals surface area contributed by atoms with Crippen LogP contribution in [0.5, 0.6) is 0 Å². The summed E-state index contributed by atoms with van der Waals surface area (Å²) in [5, 5.41) is 11.6. The summed E-state index contributed by atoms with van der Waals surface area (Å²) in [7, 11) is 0. The number of nitrogens with one attached hydrogen (secondary N) is 1. The lowest BCUT2D eigenvalue weighted by molar-refractivity contribution is -0.0184. The minimum absolute atomic E-state index is 0.432. The van der Waals surface area contributed by atoms with E-state index in [2.05, 4.69) is 5.32 Å². The first kappa shape index (κ1) is 14.9. The molecular formula is C12H17F3N2O. The summed E-state index contributed by atoms with van der Waals surface area (Å²) >= 11 is 0. The molecule has 0 fully saturated rings. The fourth-order valence-electron chi connectivity index (χ4n) is 1.56. The highest BCUT2D eigenvalue weighted by Gasteiger charge is 2.43. The Kier molecular flexibility index (Phi) is 5.13. The Morgan fingerprint density at radius 2 is 1.83 bits per heavy atom. The van der Waals surface area contributed by atoms with Gasteiger partial charge in [0, 0.05) is 0 Å². The number of hydrogen-bond donors (Lipinski definition) is 3. The van der Waals surface area contributed by atoms with Crippen LogP contribution in [0.3, 0.4) is 0 Å². The average Bonchev–Trinajstić information content (AvgIpc) is 2.36. The van der Waals surface area contributed by atoms with Gasteiger partial charge in [-0.2, -0.15) is 0 Å². The number of aliphatic hydroxyl groups is 1. The van der Waals surface area contributed by atoms with E-state index in [0.29, 0.717) is 5.56 Å². The van der Waals surface area contributed by atoms with Crippen molar-refractivity contribution in [2.24, 2.45) is 5.73 Å². The Hall–Kier alpha value is -1.11. The smallest absolute Gasteiger partial charge is 0.260 e. The van der Waals surface area contributed by atoms with E-state index in [0.717, 1.165) is 6.92 Å². The third-order valence-electron chi connectivity index (χ3n) is 2.90. The second kappa shape index (κ2) is 6.17. The van der Waals surface area contributed by atoms with Crippen LogP contribution in [0, 0.1) is 0 Å². The van der Waals surface area contributed by atoms with Crippen LogP contribution in [0.25, 0.3) is 0 Å². The van der Waals surface area contributed by atoms with Crippen LogP contribution in [-0.2, 0) is 0 Å². The molecule has 4 N–H and O–H groups in total. The van der Waals surface area contributed by atoms with Crippen molar-refractivity contribution in [2.45, 2.75) is 31.2 Å². The minimum Gasteiger partial charge on any atom is -0.394 e. The summed E-state index contributed by atoms with van der Waals surface area (Å²) in [5.41, 5.74) is 3.35. The first-order valence-electron chi connectivity index (χ1n) is 5.53. The van der Waals surface area contributed by atoms with Crippen molar-refractivity contribution in [3.8, 4) is 0 Å². The van der Waals surface area contributed by atoms with E-state index in [4.69, 9.17) is 5.73 Å². The third-order valence-corrected chi connectivity index (χ3v) is 2.90. The van der Waals surface area contributed by atoms with Gasteiger partial charge in [0.2, 0.25) is 0 Å². The van der Waals surface area contributed by atoms with E-state index >= 15 is 0 Å². The van der Waals surface area contributed by atoms with Gasteiger partial charge in [-0.15, -0.1) is 0 Å².